The van der Waals surface area contributed by atoms with E-state index in [0.29, 0.717) is 24.0 Å². The van der Waals surface area contributed by atoms with E-state index in [0.717, 1.165) is 16.8 Å². The number of carbonyl (C=O) groups excluding carboxylic acids is 2. The van der Waals surface area contributed by atoms with Gasteiger partial charge in [-0.25, -0.2) is 0 Å². The van der Waals surface area contributed by atoms with Crippen molar-refractivity contribution in [2.75, 3.05) is 11.9 Å². The molecular weight excluding hydrogens is 316 g/mol. The number of hydrogen-bond acceptors (Lipinski definition) is 4. The zero-order chi connectivity index (χ0) is 17.6. The number of aromatic nitrogens is 2. The molecule has 0 aliphatic carbocycles. The lowest BCUT2D eigenvalue weighted by Crippen LogP contribution is -2.25. The second kappa shape index (κ2) is 7.53. The fraction of sp³-hybridized carbons (Fsp3) is 0.158. The smallest absolute Gasteiger partial charge is 0.251 e. The van der Waals surface area contributed by atoms with Crippen LogP contribution in [-0.4, -0.2) is 28.3 Å². The quantitative estimate of drug-likeness (QED) is 0.751. The number of benzene rings is 2. The molecule has 0 aliphatic heterocycles. The number of nitrogens with one attached hydrogen (secondary N) is 2. The molecule has 6 heteroatoms. The van der Waals surface area contributed by atoms with E-state index in [9.17, 15) is 9.59 Å². The summed E-state index contributed by atoms with van der Waals surface area (Å²) in [4.78, 5) is 31.6. The summed E-state index contributed by atoms with van der Waals surface area (Å²) in [5.74, 6) is -0.234. The molecule has 25 heavy (non-hydrogen) atoms. The SMILES string of the molecule is CC(=O)Nc1ccc(CCNC(=O)c2ccc3nccnc3c2)cc1. The molecule has 2 amide bonds. The Kier molecular flexibility index (Phi) is 4.99. The Morgan fingerprint density at radius 3 is 2.40 bits per heavy atom. The number of nitrogens with zero attached hydrogens (tertiary/aromatic N) is 2. The predicted octanol–water partition coefficient (Wildman–Crippen LogP) is 2.56. The molecule has 0 atom stereocenters. The fourth-order valence-corrected chi connectivity index (χ4v) is 2.48. The van der Waals surface area contributed by atoms with E-state index in [1.807, 2.05) is 24.3 Å². The number of amides is 2. The number of rotatable bonds is 5. The van der Waals surface area contributed by atoms with Crippen molar-refractivity contribution in [3.8, 4) is 0 Å². The van der Waals surface area contributed by atoms with Crippen LogP contribution in [0.2, 0.25) is 0 Å². The first-order chi connectivity index (χ1) is 12.1. The Hall–Kier alpha value is -3.28. The maximum absolute atomic E-state index is 12.2. The molecule has 0 radical (unpaired) electrons. The summed E-state index contributed by atoms with van der Waals surface area (Å²) in [7, 11) is 0. The zero-order valence-corrected chi connectivity index (χ0v) is 13.8. The molecule has 0 fully saturated rings. The van der Waals surface area contributed by atoms with Crippen LogP contribution in [0.15, 0.2) is 54.9 Å². The normalized spacial score (nSPS) is 10.4. The summed E-state index contributed by atoms with van der Waals surface area (Å²) in [6.07, 6.45) is 3.94. The van der Waals surface area contributed by atoms with Crippen molar-refractivity contribution in [2.45, 2.75) is 13.3 Å². The van der Waals surface area contributed by atoms with Crippen LogP contribution in [0.1, 0.15) is 22.8 Å². The van der Waals surface area contributed by atoms with Gasteiger partial charge in [0.25, 0.3) is 5.91 Å². The highest BCUT2D eigenvalue weighted by Crippen LogP contribution is 2.12. The van der Waals surface area contributed by atoms with Gasteiger partial charge in [-0.15, -0.1) is 0 Å². The third-order valence-corrected chi connectivity index (χ3v) is 3.71. The van der Waals surface area contributed by atoms with Crippen molar-refractivity contribution in [1.29, 1.82) is 0 Å². The van der Waals surface area contributed by atoms with Crippen molar-refractivity contribution in [3.05, 3.63) is 66.0 Å². The van der Waals surface area contributed by atoms with Crippen LogP contribution < -0.4 is 10.6 Å². The minimum atomic E-state index is -0.137. The molecule has 3 aromatic rings. The van der Waals surface area contributed by atoms with Gasteiger partial charge in [-0.05, 0) is 42.3 Å². The molecule has 126 valence electrons. The molecule has 2 aromatic carbocycles. The Morgan fingerprint density at radius 1 is 0.960 bits per heavy atom. The van der Waals surface area contributed by atoms with E-state index >= 15 is 0 Å². The number of hydrogen-bond donors (Lipinski definition) is 2. The minimum Gasteiger partial charge on any atom is -0.352 e. The van der Waals surface area contributed by atoms with Gasteiger partial charge in [-0.3, -0.25) is 19.6 Å². The highest BCUT2D eigenvalue weighted by Gasteiger charge is 2.07. The number of anilines is 1. The first-order valence-electron chi connectivity index (χ1n) is 7.97. The average molecular weight is 334 g/mol. The summed E-state index contributed by atoms with van der Waals surface area (Å²) in [5.41, 5.74) is 3.87. The summed E-state index contributed by atoms with van der Waals surface area (Å²) in [6.45, 7) is 2.00. The monoisotopic (exact) mass is 334 g/mol. The Bertz CT molecular complexity index is 907. The standard InChI is InChI=1S/C19H18N4O2/c1-13(24)23-16-5-2-14(3-6-16)8-9-22-19(25)15-4-7-17-18(12-15)21-11-10-20-17/h2-7,10-12H,8-9H2,1H3,(H,22,25)(H,23,24). The van der Waals surface area contributed by atoms with Crippen molar-refractivity contribution in [2.24, 2.45) is 0 Å². The van der Waals surface area contributed by atoms with E-state index in [-0.39, 0.29) is 11.8 Å². The Morgan fingerprint density at radius 2 is 1.68 bits per heavy atom. The highest BCUT2D eigenvalue weighted by atomic mass is 16.2. The first kappa shape index (κ1) is 16.6. The summed E-state index contributed by atoms with van der Waals surface area (Å²) >= 11 is 0. The molecule has 1 aromatic heterocycles. The summed E-state index contributed by atoms with van der Waals surface area (Å²) < 4.78 is 0. The number of fused-ring (bicyclic) bond motifs is 1. The maximum atomic E-state index is 12.2. The Labute approximate surface area is 145 Å². The van der Waals surface area contributed by atoms with Crippen LogP contribution >= 0.6 is 0 Å². The van der Waals surface area contributed by atoms with Crippen LogP contribution in [0.25, 0.3) is 11.0 Å². The van der Waals surface area contributed by atoms with Gasteiger partial charge in [0.2, 0.25) is 5.91 Å². The van der Waals surface area contributed by atoms with Crippen molar-refractivity contribution in [3.63, 3.8) is 0 Å². The molecule has 3 rings (SSSR count). The van der Waals surface area contributed by atoms with Gasteiger partial charge in [0, 0.05) is 37.1 Å². The van der Waals surface area contributed by atoms with Crippen LogP contribution in [0.5, 0.6) is 0 Å². The van der Waals surface area contributed by atoms with Crippen LogP contribution in [-0.2, 0) is 11.2 Å². The molecule has 0 unspecified atom stereocenters. The minimum absolute atomic E-state index is 0.0971. The second-order valence-electron chi connectivity index (χ2n) is 5.64. The molecule has 0 bridgehead atoms. The fourth-order valence-electron chi connectivity index (χ4n) is 2.48. The zero-order valence-electron chi connectivity index (χ0n) is 13.8. The third-order valence-electron chi connectivity index (χ3n) is 3.71. The lowest BCUT2D eigenvalue weighted by Gasteiger charge is -2.07. The lowest BCUT2D eigenvalue weighted by atomic mass is 10.1. The number of carbonyl (C=O) groups is 2. The molecule has 6 nitrogen and oxygen atoms in total. The Balaban J connectivity index is 1.55. The van der Waals surface area contributed by atoms with Gasteiger partial charge in [0.15, 0.2) is 0 Å². The van der Waals surface area contributed by atoms with Gasteiger partial charge in [-0.2, -0.15) is 0 Å². The molecule has 0 aliphatic rings. The van der Waals surface area contributed by atoms with E-state index in [4.69, 9.17) is 0 Å². The van der Waals surface area contributed by atoms with Crippen molar-refractivity contribution in [1.82, 2.24) is 15.3 Å². The van der Waals surface area contributed by atoms with E-state index < -0.39 is 0 Å². The van der Waals surface area contributed by atoms with E-state index in [1.54, 1.807) is 30.6 Å². The van der Waals surface area contributed by atoms with Gasteiger partial charge in [0.05, 0.1) is 11.0 Å². The van der Waals surface area contributed by atoms with Gasteiger partial charge >= 0.3 is 0 Å². The summed E-state index contributed by atoms with van der Waals surface area (Å²) in [6, 6.07) is 12.8. The molecule has 1 heterocycles. The average Bonchev–Trinajstić information content (AvgIpc) is 2.62. The van der Waals surface area contributed by atoms with Gasteiger partial charge < -0.3 is 10.6 Å². The van der Waals surface area contributed by atoms with Crippen molar-refractivity contribution >= 4 is 28.5 Å². The van der Waals surface area contributed by atoms with Crippen LogP contribution in [0.3, 0.4) is 0 Å². The van der Waals surface area contributed by atoms with E-state index in [1.165, 1.54) is 6.92 Å². The molecule has 2 N–H and O–H groups in total. The molecular formula is C19H18N4O2. The molecule has 0 saturated heterocycles. The second-order valence-corrected chi connectivity index (χ2v) is 5.64. The largest absolute Gasteiger partial charge is 0.352 e. The lowest BCUT2D eigenvalue weighted by molar-refractivity contribution is -0.114. The van der Waals surface area contributed by atoms with Crippen LogP contribution in [0.4, 0.5) is 5.69 Å². The van der Waals surface area contributed by atoms with Gasteiger partial charge in [0.1, 0.15) is 0 Å². The maximum Gasteiger partial charge on any atom is 0.251 e. The van der Waals surface area contributed by atoms with Gasteiger partial charge in [-0.1, -0.05) is 12.1 Å². The highest BCUT2D eigenvalue weighted by molar-refractivity contribution is 5.97. The third kappa shape index (κ3) is 4.38. The van der Waals surface area contributed by atoms with Crippen molar-refractivity contribution < 1.29 is 9.59 Å². The topological polar surface area (TPSA) is 84.0 Å². The predicted molar refractivity (Wildman–Crippen MR) is 96.3 cm³/mol. The summed E-state index contributed by atoms with van der Waals surface area (Å²) in [5, 5.41) is 5.62. The van der Waals surface area contributed by atoms with Crippen LogP contribution in [0, 0.1) is 0 Å². The molecule has 0 saturated carbocycles. The van der Waals surface area contributed by atoms with E-state index in [2.05, 4.69) is 20.6 Å². The molecule has 0 spiro atoms. The first-order valence-corrected chi connectivity index (χ1v) is 7.97.